The summed E-state index contributed by atoms with van der Waals surface area (Å²) < 4.78 is 17.0. The Morgan fingerprint density at radius 1 is 0.636 bits per heavy atom. The number of imide groups is 1. The fourth-order valence-corrected chi connectivity index (χ4v) is 5.03. The van der Waals surface area contributed by atoms with Crippen molar-refractivity contribution in [1.29, 1.82) is 0 Å². The van der Waals surface area contributed by atoms with Gasteiger partial charge in [-0.2, -0.15) is 0 Å². The Hall–Kier alpha value is -6.28. The number of hydrogen-bond donors (Lipinski definition) is 0. The molecule has 2 amide bonds. The van der Waals surface area contributed by atoms with E-state index in [-0.39, 0.29) is 33.5 Å². The van der Waals surface area contributed by atoms with E-state index in [2.05, 4.69) is 0 Å². The summed E-state index contributed by atoms with van der Waals surface area (Å²) in [7, 11) is 0. The normalized spacial score (nSPS) is 12.3. The van der Waals surface area contributed by atoms with E-state index in [4.69, 9.17) is 13.9 Å². The van der Waals surface area contributed by atoms with Gasteiger partial charge in [-0.25, -0.2) is 9.69 Å². The molecule has 212 valence electrons. The molecule has 2 heterocycles. The van der Waals surface area contributed by atoms with Crippen LogP contribution in [0, 0.1) is 0 Å². The zero-order valence-corrected chi connectivity index (χ0v) is 22.9. The minimum Gasteiger partial charge on any atom is -0.460 e. The molecular weight excluding hydrogens is 558 g/mol. The highest BCUT2D eigenvalue weighted by molar-refractivity contribution is 6.34. The average molecular weight is 580 g/mol. The van der Waals surface area contributed by atoms with Crippen molar-refractivity contribution in [3.8, 4) is 28.4 Å². The molecule has 0 atom stereocenters. The van der Waals surface area contributed by atoms with Crippen molar-refractivity contribution in [1.82, 2.24) is 0 Å². The van der Waals surface area contributed by atoms with E-state index in [1.807, 2.05) is 42.5 Å². The molecule has 0 radical (unpaired) electrons. The number of fused-ring (bicyclic) bond motifs is 2. The van der Waals surface area contributed by atoms with Gasteiger partial charge in [-0.3, -0.25) is 14.4 Å². The molecule has 0 bridgehead atoms. The van der Waals surface area contributed by atoms with Gasteiger partial charge in [-0.15, -0.1) is 0 Å². The molecule has 1 aliphatic heterocycles. The van der Waals surface area contributed by atoms with Crippen molar-refractivity contribution in [3.05, 3.63) is 155 Å². The molecule has 0 saturated heterocycles. The summed E-state index contributed by atoms with van der Waals surface area (Å²) >= 11 is 0. The van der Waals surface area contributed by atoms with E-state index in [0.717, 1.165) is 16.0 Å². The molecule has 8 nitrogen and oxygen atoms in total. The lowest BCUT2D eigenvalue weighted by molar-refractivity contribution is 0.0734. The second-order valence-electron chi connectivity index (χ2n) is 10.0. The minimum absolute atomic E-state index is 0.0212. The van der Waals surface area contributed by atoms with Crippen LogP contribution >= 0.6 is 0 Å². The maximum Gasteiger partial charge on any atom is 0.343 e. The lowest BCUT2D eigenvalue weighted by Crippen LogP contribution is -2.29. The van der Waals surface area contributed by atoms with Crippen molar-refractivity contribution in [2.24, 2.45) is 0 Å². The Bertz CT molecular complexity index is 2100. The van der Waals surface area contributed by atoms with E-state index < -0.39 is 17.8 Å². The number of ether oxygens (including phenoxy) is 2. The van der Waals surface area contributed by atoms with Crippen LogP contribution in [-0.4, -0.2) is 17.8 Å². The highest BCUT2D eigenvalue weighted by Gasteiger charge is 2.36. The average Bonchev–Trinajstić information content (AvgIpc) is 3.32. The van der Waals surface area contributed by atoms with Gasteiger partial charge < -0.3 is 13.9 Å². The minimum atomic E-state index is -0.667. The number of carbonyl (C=O) groups excluding carboxylic acids is 3. The summed E-state index contributed by atoms with van der Waals surface area (Å²) in [6.45, 7) is 0. The second-order valence-corrected chi connectivity index (χ2v) is 10.0. The summed E-state index contributed by atoms with van der Waals surface area (Å²) in [5.74, 6) is -0.843. The SMILES string of the molecule is O=C(Oc1ccc2c(=O)c(Oc3ccc(-c4ccccc4)cc3)coc2c1)c1ccc(N2C(=O)c3ccccc3C2=O)cc1. The standard InChI is InChI=1S/C36H21NO7/c38-33-30-19-18-27(20-31(30)42-21-32(33)43-26-16-12-23(13-17-26)22-6-2-1-3-7-22)44-36(41)24-10-14-25(15-11-24)37-34(39)28-8-4-5-9-29(28)35(37)40/h1-21H. The molecule has 6 aromatic rings. The van der Waals surface area contributed by atoms with Crippen LogP contribution in [-0.2, 0) is 0 Å². The highest BCUT2D eigenvalue weighted by Crippen LogP contribution is 2.30. The molecule has 0 unspecified atom stereocenters. The highest BCUT2D eigenvalue weighted by atomic mass is 16.5. The first-order chi connectivity index (χ1) is 21.5. The fourth-order valence-electron chi connectivity index (χ4n) is 5.03. The third-order valence-electron chi connectivity index (χ3n) is 7.27. The topological polar surface area (TPSA) is 103 Å². The molecule has 0 N–H and O–H groups in total. The van der Waals surface area contributed by atoms with Gasteiger partial charge >= 0.3 is 5.97 Å². The molecule has 0 fully saturated rings. The zero-order chi connectivity index (χ0) is 30.2. The number of nitrogens with zero attached hydrogens (tertiary/aromatic N) is 1. The molecule has 1 aliphatic rings. The number of rotatable bonds is 6. The Morgan fingerprint density at radius 2 is 1.25 bits per heavy atom. The van der Waals surface area contributed by atoms with E-state index in [9.17, 15) is 19.2 Å². The van der Waals surface area contributed by atoms with Crippen LogP contribution in [0.25, 0.3) is 22.1 Å². The first-order valence-electron chi connectivity index (χ1n) is 13.7. The molecule has 5 aromatic carbocycles. The van der Waals surface area contributed by atoms with Gasteiger partial charge in [-0.1, -0.05) is 54.6 Å². The van der Waals surface area contributed by atoms with Crippen LogP contribution in [0.15, 0.2) is 137 Å². The number of benzene rings is 5. The Morgan fingerprint density at radius 3 is 1.93 bits per heavy atom. The number of anilines is 1. The van der Waals surface area contributed by atoms with Gasteiger partial charge in [-0.05, 0) is 71.8 Å². The lowest BCUT2D eigenvalue weighted by Gasteiger charge is -2.14. The predicted octanol–water partition coefficient (Wildman–Crippen LogP) is 7.27. The van der Waals surface area contributed by atoms with Gasteiger partial charge in [0.25, 0.3) is 11.8 Å². The summed E-state index contributed by atoms with van der Waals surface area (Å²) in [4.78, 5) is 52.5. The summed E-state index contributed by atoms with van der Waals surface area (Å²) in [6, 6.07) is 34.3. The Balaban J connectivity index is 1.05. The first-order valence-corrected chi connectivity index (χ1v) is 13.7. The van der Waals surface area contributed by atoms with Gasteiger partial charge in [0.1, 0.15) is 23.3 Å². The predicted molar refractivity (Wildman–Crippen MR) is 163 cm³/mol. The summed E-state index contributed by atoms with van der Waals surface area (Å²) in [5, 5.41) is 0.258. The molecular formula is C36H21NO7. The zero-order valence-electron chi connectivity index (χ0n) is 22.9. The molecule has 8 heteroatoms. The van der Waals surface area contributed by atoms with Gasteiger partial charge in [0.15, 0.2) is 0 Å². The molecule has 7 rings (SSSR count). The van der Waals surface area contributed by atoms with Crippen molar-refractivity contribution in [3.63, 3.8) is 0 Å². The van der Waals surface area contributed by atoms with Crippen LogP contribution in [0.4, 0.5) is 5.69 Å². The number of carbonyl (C=O) groups is 3. The van der Waals surface area contributed by atoms with E-state index in [0.29, 0.717) is 22.6 Å². The van der Waals surface area contributed by atoms with E-state index >= 15 is 0 Å². The smallest absolute Gasteiger partial charge is 0.343 e. The summed E-state index contributed by atoms with van der Waals surface area (Å²) in [6.07, 6.45) is 1.22. The van der Waals surface area contributed by atoms with E-state index in [1.165, 1.54) is 48.7 Å². The maximum atomic E-state index is 13.1. The summed E-state index contributed by atoms with van der Waals surface area (Å²) in [5.41, 5.74) is 3.14. The molecule has 0 saturated carbocycles. The van der Waals surface area contributed by atoms with Crippen LogP contribution in [0.1, 0.15) is 31.1 Å². The molecule has 44 heavy (non-hydrogen) atoms. The van der Waals surface area contributed by atoms with Crippen molar-refractivity contribution in [2.45, 2.75) is 0 Å². The number of hydrogen-bond acceptors (Lipinski definition) is 7. The third kappa shape index (κ3) is 4.80. The third-order valence-corrected chi connectivity index (χ3v) is 7.27. The first kappa shape index (κ1) is 26.6. The van der Waals surface area contributed by atoms with Crippen molar-refractivity contribution in [2.75, 3.05) is 4.90 Å². The number of amides is 2. The van der Waals surface area contributed by atoms with Crippen molar-refractivity contribution >= 4 is 34.4 Å². The van der Waals surface area contributed by atoms with Crippen LogP contribution in [0.3, 0.4) is 0 Å². The van der Waals surface area contributed by atoms with Crippen LogP contribution in [0.2, 0.25) is 0 Å². The number of esters is 1. The quantitative estimate of drug-likeness (QED) is 0.116. The van der Waals surface area contributed by atoms with Crippen LogP contribution in [0.5, 0.6) is 17.2 Å². The van der Waals surface area contributed by atoms with Gasteiger partial charge in [0.05, 0.1) is 27.8 Å². The van der Waals surface area contributed by atoms with E-state index in [1.54, 1.807) is 36.4 Å². The van der Waals surface area contributed by atoms with Crippen LogP contribution < -0.4 is 19.8 Å². The monoisotopic (exact) mass is 579 g/mol. The fraction of sp³-hybridized carbons (Fsp3) is 0. The second kappa shape index (κ2) is 10.8. The lowest BCUT2D eigenvalue weighted by atomic mass is 10.1. The largest absolute Gasteiger partial charge is 0.460 e. The Labute approximate surface area is 250 Å². The van der Waals surface area contributed by atoms with Crippen molar-refractivity contribution < 1.29 is 28.3 Å². The van der Waals surface area contributed by atoms with Gasteiger partial charge in [0, 0.05) is 6.07 Å². The Kier molecular flexibility index (Phi) is 6.56. The molecule has 0 spiro atoms. The molecule has 0 aliphatic carbocycles. The maximum absolute atomic E-state index is 13.1. The van der Waals surface area contributed by atoms with Gasteiger partial charge in [0.2, 0.25) is 11.2 Å². The molecule has 1 aromatic heterocycles.